The van der Waals surface area contributed by atoms with Gasteiger partial charge in [-0.15, -0.1) is 0 Å². The van der Waals surface area contributed by atoms with Crippen molar-refractivity contribution in [3.05, 3.63) is 101 Å². The van der Waals surface area contributed by atoms with Crippen LogP contribution < -0.4 is 9.47 Å². The average Bonchev–Trinajstić information content (AvgIpc) is 2.86. The molecule has 3 aromatic rings. The molecule has 0 aromatic heterocycles. The molecule has 0 radical (unpaired) electrons. The van der Waals surface area contributed by atoms with Gasteiger partial charge in [-0.2, -0.15) is 5.26 Å². The van der Waals surface area contributed by atoms with Crippen LogP contribution in [0.4, 0.5) is 0 Å². The summed E-state index contributed by atoms with van der Waals surface area (Å²) in [7, 11) is 0. The lowest BCUT2D eigenvalue weighted by Crippen LogP contribution is -2.10. The Morgan fingerprint density at radius 3 is 2.21 bits per heavy atom. The number of carbonyl (C=O) groups excluding carboxylic acids is 2. The van der Waals surface area contributed by atoms with Crippen LogP contribution in [0.2, 0.25) is 0 Å². The summed E-state index contributed by atoms with van der Waals surface area (Å²) in [6, 6.07) is 24.2. The van der Waals surface area contributed by atoms with Gasteiger partial charge in [0.1, 0.15) is 29.7 Å². The molecule has 0 aliphatic rings. The minimum absolute atomic E-state index is 0.149. The van der Waals surface area contributed by atoms with E-state index >= 15 is 0 Å². The van der Waals surface area contributed by atoms with Gasteiger partial charge in [-0.05, 0) is 60.0 Å². The number of hydrogen-bond acceptors (Lipinski definition) is 6. The second-order valence-electron chi connectivity index (χ2n) is 7.06. The summed E-state index contributed by atoms with van der Waals surface area (Å²) < 4.78 is 16.1. The fourth-order valence-corrected chi connectivity index (χ4v) is 2.81. The third kappa shape index (κ3) is 7.08. The Balaban J connectivity index is 1.58. The van der Waals surface area contributed by atoms with Crippen molar-refractivity contribution in [1.82, 2.24) is 0 Å². The lowest BCUT2D eigenvalue weighted by Gasteiger charge is -2.07. The van der Waals surface area contributed by atoms with Gasteiger partial charge in [0, 0.05) is 0 Å². The molecule has 6 heteroatoms. The van der Waals surface area contributed by atoms with Crippen LogP contribution in [0.15, 0.2) is 84.4 Å². The molecule has 0 bridgehead atoms. The molecule has 0 aliphatic carbocycles. The van der Waals surface area contributed by atoms with Gasteiger partial charge in [-0.3, -0.25) is 0 Å². The van der Waals surface area contributed by atoms with Crippen molar-refractivity contribution < 1.29 is 23.8 Å². The molecule has 0 spiro atoms. The Hall–Kier alpha value is -4.37. The van der Waals surface area contributed by atoms with Crippen molar-refractivity contribution in [1.29, 1.82) is 5.26 Å². The molecule has 0 N–H and O–H groups in total. The smallest absolute Gasteiger partial charge is 0.354 e. The van der Waals surface area contributed by atoms with E-state index < -0.39 is 11.9 Å². The lowest BCUT2D eigenvalue weighted by atomic mass is 10.1. The average molecular weight is 441 g/mol. The van der Waals surface area contributed by atoms with Gasteiger partial charge in [0.15, 0.2) is 0 Å². The zero-order chi connectivity index (χ0) is 23.5. The van der Waals surface area contributed by atoms with E-state index in [0.29, 0.717) is 17.7 Å². The van der Waals surface area contributed by atoms with Crippen molar-refractivity contribution in [2.45, 2.75) is 20.0 Å². The third-order valence-electron chi connectivity index (χ3n) is 4.52. The summed E-state index contributed by atoms with van der Waals surface area (Å²) in [5, 5.41) is 9.37. The normalized spacial score (nSPS) is 10.7. The monoisotopic (exact) mass is 441 g/mol. The summed E-state index contributed by atoms with van der Waals surface area (Å²) in [4.78, 5) is 24.6. The van der Waals surface area contributed by atoms with Crippen LogP contribution in [0.3, 0.4) is 0 Å². The van der Waals surface area contributed by atoms with Gasteiger partial charge >= 0.3 is 11.9 Å². The maximum Gasteiger partial charge on any atom is 0.354 e. The predicted molar refractivity (Wildman–Crippen MR) is 123 cm³/mol. The van der Waals surface area contributed by atoms with Crippen molar-refractivity contribution >= 4 is 18.0 Å². The predicted octanol–water partition coefficient (Wildman–Crippen LogP) is 5.34. The molecular weight excluding hydrogens is 418 g/mol. The highest BCUT2D eigenvalue weighted by molar-refractivity contribution is 5.99. The Morgan fingerprint density at radius 2 is 1.58 bits per heavy atom. The van der Waals surface area contributed by atoms with E-state index in [1.54, 1.807) is 24.3 Å². The topological polar surface area (TPSA) is 85.6 Å². The number of nitrogens with zero attached hydrogens (tertiary/aromatic N) is 1. The molecule has 166 valence electrons. The Morgan fingerprint density at radius 1 is 0.909 bits per heavy atom. The van der Waals surface area contributed by atoms with E-state index in [1.165, 1.54) is 30.3 Å². The van der Waals surface area contributed by atoms with E-state index in [2.05, 4.69) is 0 Å². The first-order chi connectivity index (χ1) is 16.1. The first-order valence-corrected chi connectivity index (χ1v) is 10.5. The molecule has 3 rings (SSSR count). The third-order valence-corrected chi connectivity index (χ3v) is 4.52. The molecule has 0 heterocycles. The van der Waals surface area contributed by atoms with E-state index in [1.807, 2.05) is 43.3 Å². The van der Waals surface area contributed by atoms with Crippen LogP contribution in [0.1, 0.15) is 34.8 Å². The fraction of sp³-hybridized carbons (Fsp3) is 0.148. The molecule has 33 heavy (non-hydrogen) atoms. The zero-order valence-electron chi connectivity index (χ0n) is 18.2. The van der Waals surface area contributed by atoms with Crippen molar-refractivity contribution in [2.75, 3.05) is 6.61 Å². The van der Waals surface area contributed by atoms with Gasteiger partial charge in [0.2, 0.25) is 0 Å². The summed E-state index contributed by atoms with van der Waals surface area (Å²) in [6.07, 6.45) is 2.35. The second-order valence-corrected chi connectivity index (χ2v) is 7.06. The van der Waals surface area contributed by atoms with Gasteiger partial charge in [0.25, 0.3) is 0 Å². The van der Waals surface area contributed by atoms with Crippen LogP contribution in [-0.2, 0) is 16.1 Å². The highest BCUT2D eigenvalue weighted by Gasteiger charge is 2.13. The molecule has 0 aliphatic heterocycles. The molecule has 0 saturated carbocycles. The minimum Gasteiger partial charge on any atom is -0.494 e. The lowest BCUT2D eigenvalue weighted by molar-refractivity contribution is -0.129. The Kier molecular flexibility index (Phi) is 8.38. The largest absolute Gasteiger partial charge is 0.494 e. The summed E-state index contributed by atoms with van der Waals surface area (Å²) in [6.45, 7) is 2.81. The van der Waals surface area contributed by atoms with Crippen LogP contribution in [0, 0.1) is 11.3 Å². The molecule has 0 fully saturated rings. The van der Waals surface area contributed by atoms with Gasteiger partial charge in [-0.1, -0.05) is 49.4 Å². The quantitative estimate of drug-likeness (QED) is 0.193. The van der Waals surface area contributed by atoms with Crippen LogP contribution in [0.5, 0.6) is 11.5 Å². The highest BCUT2D eigenvalue weighted by atomic mass is 16.5. The van der Waals surface area contributed by atoms with Crippen LogP contribution >= 0.6 is 0 Å². The molecule has 0 saturated heterocycles. The number of hydrogen-bond donors (Lipinski definition) is 0. The molecule has 0 amide bonds. The number of rotatable bonds is 9. The summed E-state index contributed by atoms with van der Waals surface area (Å²) in [5.41, 5.74) is 1.73. The van der Waals surface area contributed by atoms with E-state index in [4.69, 9.17) is 14.2 Å². The first kappa shape index (κ1) is 23.3. The first-order valence-electron chi connectivity index (χ1n) is 10.5. The maximum absolute atomic E-state index is 12.4. The SMILES string of the molecule is CCCOc1ccc(/C=C(\C#N)C(=O)Oc2ccc(C(=O)OCc3ccccc3)cc2)cc1. The molecule has 6 nitrogen and oxygen atoms in total. The van der Waals surface area contributed by atoms with Crippen molar-refractivity contribution in [3.8, 4) is 17.6 Å². The summed E-state index contributed by atoms with van der Waals surface area (Å²) >= 11 is 0. The highest BCUT2D eigenvalue weighted by Crippen LogP contribution is 2.18. The second kappa shape index (κ2) is 11.9. The number of esters is 2. The molecular formula is C27H23NO5. The van der Waals surface area contributed by atoms with Gasteiger partial charge in [0.05, 0.1) is 12.2 Å². The molecule has 0 atom stereocenters. The van der Waals surface area contributed by atoms with E-state index in [9.17, 15) is 14.9 Å². The van der Waals surface area contributed by atoms with Crippen molar-refractivity contribution in [3.63, 3.8) is 0 Å². The number of carbonyl (C=O) groups is 2. The molecule has 0 unspecified atom stereocenters. The Labute approximate surface area is 192 Å². The zero-order valence-corrected chi connectivity index (χ0v) is 18.2. The maximum atomic E-state index is 12.4. The summed E-state index contributed by atoms with van der Waals surface area (Å²) in [5.74, 6) is -0.342. The van der Waals surface area contributed by atoms with Gasteiger partial charge < -0.3 is 14.2 Å². The number of nitriles is 1. The van der Waals surface area contributed by atoms with Crippen LogP contribution in [-0.4, -0.2) is 18.5 Å². The van der Waals surface area contributed by atoms with Crippen molar-refractivity contribution in [2.24, 2.45) is 0 Å². The van der Waals surface area contributed by atoms with E-state index in [0.717, 1.165) is 17.7 Å². The fourth-order valence-electron chi connectivity index (χ4n) is 2.81. The number of benzene rings is 3. The Bertz CT molecular complexity index is 1140. The van der Waals surface area contributed by atoms with E-state index in [-0.39, 0.29) is 17.9 Å². The van der Waals surface area contributed by atoms with Crippen LogP contribution in [0.25, 0.3) is 6.08 Å². The standard InChI is InChI=1S/C27H23NO5/c1-2-16-31-24-12-8-20(9-13-24)17-23(18-28)27(30)33-25-14-10-22(11-15-25)26(29)32-19-21-6-4-3-5-7-21/h3-15,17H,2,16,19H2,1H3/b23-17+. The number of ether oxygens (including phenoxy) is 3. The molecule has 3 aromatic carbocycles. The minimum atomic E-state index is -0.789. The van der Waals surface area contributed by atoms with Gasteiger partial charge in [-0.25, -0.2) is 9.59 Å².